The van der Waals surface area contributed by atoms with Gasteiger partial charge in [-0.05, 0) is 28.1 Å². The number of hydrogen-bond acceptors (Lipinski definition) is 4. The van der Waals surface area contributed by atoms with E-state index < -0.39 is 0 Å². The highest BCUT2D eigenvalue weighted by Crippen LogP contribution is 2.17. The number of halogens is 1. The summed E-state index contributed by atoms with van der Waals surface area (Å²) in [4.78, 5) is 15.2. The van der Waals surface area contributed by atoms with Gasteiger partial charge in [0, 0.05) is 26.5 Å². The Morgan fingerprint density at radius 2 is 1.90 bits per heavy atom. The van der Waals surface area contributed by atoms with Gasteiger partial charge in [-0.2, -0.15) is 0 Å². The van der Waals surface area contributed by atoms with Gasteiger partial charge in [0.05, 0.1) is 22.1 Å². The van der Waals surface area contributed by atoms with Crippen molar-refractivity contribution in [3.63, 3.8) is 0 Å². The zero-order valence-electron chi connectivity index (χ0n) is 11.3. The molecule has 0 bridgehead atoms. The van der Waals surface area contributed by atoms with Gasteiger partial charge in [-0.25, -0.2) is 15.0 Å². The summed E-state index contributed by atoms with van der Waals surface area (Å²) < 4.78 is 2.97. The van der Waals surface area contributed by atoms with Gasteiger partial charge in [-0.1, -0.05) is 12.1 Å². The number of para-hydroxylation sites is 2. The lowest BCUT2D eigenvalue weighted by Gasteiger charge is -2.16. The highest BCUT2D eigenvalue weighted by Gasteiger charge is 2.11. The first-order chi connectivity index (χ1) is 9.65. The Morgan fingerprint density at radius 3 is 2.60 bits per heavy atom. The minimum Gasteiger partial charge on any atom is -0.336 e. The van der Waals surface area contributed by atoms with Crippen molar-refractivity contribution in [2.75, 3.05) is 11.9 Å². The Balaban J connectivity index is 1.89. The van der Waals surface area contributed by atoms with Crippen LogP contribution in [0.2, 0.25) is 0 Å². The molecule has 6 heteroatoms. The predicted molar refractivity (Wildman–Crippen MR) is 82.6 cm³/mol. The smallest absolute Gasteiger partial charge is 0.225 e. The molecule has 1 aromatic carbocycles. The fraction of sp³-hybridized carbons (Fsp3) is 0.214. The number of imidazole rings is 1. The zero-order chi connectivity index (χ0) is 14.1. The first kappa shape index (κ1) is 13.1. The van der Waals surface area contributed by atoms with Crippen LogP contribution in [0.15, 0.2) is 41.1 Å². The maximum Gasteiger partial charge on any atom is 0.225 e. The maximum atomic E-state index is 4.65. The van der Waals surface area contributed by atoms with E-state index in [0.717, 1.165) is 21.3 Å². The third-order valence-electron chi connectivity index (χ3n) is 3.21. The largest absolute Gasteiger partial charge is 0.336 e. The molecule has 3 aromatic rings. The first-order valence-electron chi connectivity index (χ1n) is 6.24. The van der Waals surface area contributed by atoms with Crippen LogP contribution in [0.5, 0.6) is 0 Å². The Bertz CT molecular complexity index is 735. The second-order valence-corrected chi connectivity index (χ2v) is 5.55. The van der Waals surface area contributed by atoms with Crippen LogP contribution in [0.25, 0.3) is 11.0 Å². The van der Waals surface area contributed by atoms with Crippen LogP contribution < -0.4 is 4.90 Å². The summed E-state index contributed by atoms with van der Waals surface area (Å²) in [6.07, 6.45) is 3.49. The van der Waals surface area contributed by atoms with Crippen LogP contribution in [-0.4, -0.2) is 26.6 Å². The lowest BCUT2D eigenvalue weighted by Crippen LogP contribution is -2.21. The minimum atomic E-state index is 0.660. The Hall–Kier alpha value is -1.95. The zero-order valence-corrected chi connectivity index (χ0v) is 12.9. The molecule has 102 valence electrons. The molecule has 5 nitrogen and oxygen atoms in total. The molecule has 0 radical (unpaired) electrons. The summed E-state index contributed by atoms with van der Waals surface area (Å²) >= 11 is 3.34. The van der Waals surface area contributed by atoms with E-state index in [2.05, 4.69) is 41.5 Å². The number of aromatic nitrogens is 4. The summed E-state index contributed by atoms with van der Waals surface area (Å²) in [6.45, 7) is 0.660. The quantitative estimate of drug-likeness (QED) is 0.740. The Morgan fingerprint density at radius 1 is 1.20 bits per heavy atom. The van der Waals surface area contributed by atoms with Crippen molar-refractivity contribution in [2.45, 2.75) is 6.54 Å². The standard InChI is InChI=1S/C14H14BrN5/c1-19(14-16-7-10(15)8-17-14)9-13-18-11-5-3-4-6-12(11)20(13)2/h3-8H,9H2,1-2H3. The third-order valence-corrected chi connectivity index (χ3v) is 3.62. The predicted octanol–water partition coefficient (Wildman–Crippen LogP) is 2.76. The first-order valence-corrected chi connectivity index (χ1v) is 7.03. The van der Waals surface area contributed by atoms with Gasteiger partial charge >= 0.3 is 0 Å². The summed E-state index contributed by atoms with van der Waals surface area (Å²) in [5, 5.41) is 0. The highest BCUT2D eigenvalue weighted by atomic mass is 79.9. The molecule has 2 aromatic heterocycles. The molecule has 0 aliphatic carbocycles. The molecule has 0 amide bonds. The van der Waals surface area contributed by atoms with Crippen molar-refractivity contribution in [1.29, 1.82) is 0 Å². The van der Waals surface area contributed by atoms with E-state index in [0.29, 0.717) is 12.5 Å². The van der Waals surface area contributed by atoms with Crippen molar-refractivity contribution >= 4 is 32.9 Å². The highest BCUT2D eigenvalue weighted by molar-refractivity contribution is 9.10. The van der Waals surface area contributed by atoms with Crippen molar-refractivity contribution in [2.24, 2.45) is 7.05 Å². The average Bonchev–Trinajstić information content (AvgIpc) is 2.77. The second kappa shape index (κ2) is 5.20. The molecule has 0 fully saturated rings. The molecule has 0 atom stereocenters. The van der Waals surface area contributed by atoms with E-state index in [1.165, 1.54) is 0 Å². The molecule has 0 aliphatic heterocycles. The van der Waals surface area contributed by atoms with Crippen LogP contribution in [0.4, 0.5) is 5.95 Å². The van der Waals surface area contributed by atoms with Crippen LogP contribution in [0.3, 0.4) is 0 Å². The van der Waals surface area contributed by atoms with Gasteiger partial charge in [0.15, 0.2) is 0 Å². The number of aryl methyl sites for hydroxylation is 1. The van der Waals surface area contributed by atoms with Crippen LogP contribution in [0, 0.1) is 0 Å². The second-order valence-electron chi connectivity index (χ2n) is 4.63. The summed E-state index contributed by atoms with van der Waals surface area (Å²) in [6, 6.07) is 8.12. The van der Waals surface area contributed by atoms with Gasteiger partial charge in [0.1, 0.15) is 5.82 Å². The molecule has 0 saturated carbocycles. The Kier molecular flexibility index (Phi) is 3.40. The van der Waals surface area contributed by atoms with Crippen molar-refractivity contribution < 1.29 is 0 Å². The van der Waals surface area contributed by atoms with Gasteiger partial charge in [0.25, 0.3) is 0 Å². The normalized spacial score (nSPS) is 10.9. The average molecular weight is 332 g/mol. The van der Waals surface area contributed by atoms with Gasteiger partial charge < -0.3 is 9.47 Å². The van der Waals surface area contributed by atoms with E-state index >= 15 is 0 Å². The van der Waals surface area contributed by atoms with Gasteiger partial charge in [-0.15, -0.1) is 0 Å². The number of benzene rings is 1. The van der Waals surface area contributed by atoms with E-state index in [1.807, 2.05) is 37.2 Å². The summed E-state index contributed by atoms with van der Waals surface area (Å²) in [7, 11) is 3.99. The van der Waals surface area contributed by atoms with Crippen molar-refractivity contribution in [3.8, 4) is 0 Å². The van der Waals surface area contributed by atoms with Crippen molar-refractivity contribution in [3.05, 3.63) is 47.0 Å². The molecule has 0 unspecified atom stereocenters. The third kappa shape index (κ3) is 2.38. The molecule has 0 saturated heterocycles. The molecule has 3 rings (SSSR count). The fourth-order valence-corrected chi connectivity index (χ4v) is 2.33. The van der Waals surface area contributed by atoms with Crippen LogP contribution in [-0.2, 0) is 13.6 Å². The molecule has 0 aliphatic rings. The number of hydrogen-bond donors (Lipinski definition) is 0. The SMILES string of the molecule is CN(Cc1nc2ccccc2n1C)c1ncc(Br)cn1. The summed E-state index contributed by atoms with van der Waals surface area (Å²) in [5.74, 6) is 1.67. The van der Waals surface area contributed by atoms with E-state index in [4.69, 9.17) is 0 Å². The van der Waals surface area contributed by atoms with E-state index in [9.17, 15) is 0 Å². The molecule has 2 heterocycles. The van der Waals surface area contributed by atoms with E-state index in [1.54, 1.807) is 12.4 Å². The lowest BCUT2D eigenvalue weighted by atomic mass is 10.3. The van der Waals surface area contributed by atoms with Crippen molar-refractivity contribution in [1.82, 2.24) is 19.5 Å². The van der Waals surface area contributed by atoms with Gasteiger partial charge in [-0.3, -0.25) is 0 Å². The minimum absolute atomic E-state index is 0.660. The monoisotopic (exact) mass is 331 g/mol. The van der Waals surface area contributed by atoms with Crippen LogP contribution in [0.1, 0.15) is 5.82 Å². The molecule has 0 N–H and O–H groups in total. The van der Waals surface area contributed by atoms with Crippen LogP contribution >= 0.6 is 15.9 Å². The summed E-state index contributed by atoms with van der Waals surface area (Å²) in [5.41, 5.74) is 2.14. The Labute approximate surface area is 125 Å². The number of anilines is 1. The molecular weight excluding hydrogens is 318 g/mol. The topological polar surface area (TPSA) is 46.8 Å². The number of nitrogens with zero attached hydrogens (tertiary/aromatic N) is 5. The molecule has 20 heavy (non-hydrogen) atoms. The maximum absolute atomic E-state index is 4.65. The number of fused-ring (bicyclic) bond motifs is 1. The van der Waals surface area contributed by atoms with Gasteiger partial charge in [0.2, 0.25) is 5.95 Å². The molecular formula is C14H14BrN5. The fourth-order valence-electron chi connectivity index (χ4n) is 2.12. The number of rotatable bonds is 3. The lowest BCUT2D eigenvalue weighted by molar-refractivity contribution is 0.758. The molecule has 0 spiro atoms. The van der Waals surface area contributed by atoms with E-state index in [-0.39, 0.29) is 0 Å².